The van der Waals surface area contributed by atoms with Crippen LogP contribution >= 0.6 is 15.9 Å². The van der Waals surface area contributed by atoms with Crippen LogP contribution in [0.25, 0.3) is 10.9 Å². The van der Waals surface area contributed by atoms with Gasteiger partial charge < -0.3 is 10.1 Å². The van der Waals surface area contributed by atoms with E-state index >= 15 is 0 Å². The van der Waals surface area contributed by atoms with Gasteiger partial charge in [0.1, 0.15) is 11.8 Å². The lowest BCUT2D eigenvalue weighted by Crippen LogP contribution is -1.99. The van der Waals surface area contributed by atoms with Crippen LogP contribution in [0.1, 0.15) is 11.1 Å². The van der Waals surface area contributed by atoms with Crippen molar-refractivity contribution in [2.24, 2.45) is 0 Å². The first-order valence-electron chi connectivity index (χ1n) is 7.02. The van der Waals surface area contributed by atoms with E-state index in [9.17, 15) is 5.26 Å². The molecule has 3 rings (SSSR count). The predicted octanol–water partition coefficient (Wildman–Crippen LogP) is 4.93. The highest BCUT2D eigenvalue weighted by atomic mass is 79.9. The second-order valence-electron chi connectivity index (χ2n) is 5.13. The number of aromatic nitrogens is 1. The normalized spacial score (nSPS) is 10.3. The molecule has 0 amide bonds. The fourth-order valence-corrected chi connectivity index (χ4v) is 2.73. The van der Waals surface area contributed by atoms with Crippen molar-refractivity contribution in [1.29, 1.82) is 5.26 Å². The molecule has 3 aromatic rings. The number of anilines is 2. The van der Waals surface area contributed by atoms with Crippen LogP contribution in [0.2, 0.25) is 0 Å². The zero-order chi connectivity index (χ0) is 16.4. The first-order chi connectivity index (χ1) is 11.1. The molecule has 0 unspecified atom stereocenters. The Morgan fingerprint density at radius 1 is 1.22 bits per heavy atom. The van der Waals surface area contributed by atoms with Gasteiger partial charge in [-0.15, -0.1) is 0 Å². The number of ether oxygens (including phenoxy) is 1. The molecule has 0 aliphatic heterocycles. The summed E-state index contributed by atoms with van der Waals surface area (Å²) in [7, 11) is 1.63. The zero-order valence-electron chi connectivity index (χ0n) is 12.7. The van der Waals surface area contributed by atoms with Gasteiger partial charge in [-0.25, -0.2) is 0 Å². The summed E-state index contributed by atoms with van der Waals surface area (Å²) in [4.78, 5) is 4.35. The highest BCUT2D eigenvalue weighted by Gasteiger charge is 2.11. The number of halogens is 1. The van der Waals surface area contributed by atoms with E-state index in [-0.39, 0.29) is 0 Å². The number of methoxy groups -OCH3 is 1. The Balaban J connectivity index is 2.17. The lowest BCUT2D eigenvalue weighted by atomic mass is 10.1. The number of hydrogen-bond donors (Lipinski definition) is 1. The highest BCUT2D eigenvalue weighted by molar-refractivity contribution is 9.10. The Morgan fingerprint density at radius 2 is 2.04 bits per heavy atom. The van der Waals surface area contributed by atoms with Crippen LogP contribution in [0.15, 0.2) is 47.1 Å². The van der Waals surface area contributed by atoms with Gasteiger partial charge in [0.2, 0.25) is 0 Å². The molecule has 4 nitrogen and oxygen atoms in total. The van der Waals surface area contributed by atoms with Crippen LogP contribution in [0, 0.1) is 18.3 Å². The number of nitrogens with one attached hydrogen (secondary N) is 1. The monoisotopic (exact) mass is 367 g/mol. The lowest BCUT2D eigenvalue weighted by Gasteiger charge is -2.14. The van der Waals surface area contributed by atoms with Crippen LogP contribution in [0.5, 0.6) is 5.75 Å². The number of nitriles is 1. The summed E-state index contributed by atoms with van der Waals surface area (Å²) >= 11 is 3.45. The van der Waals surface area contributed by atoms with Crippen LogP contribution < -0.4 is 10.1 Å². The van der Waals surface area contributed by atoms with E-state index in [1.807, 2.05) is 43.3 Å². The Morgan fingerprint density at radius 3 is 2.78 bits per heavy atom. The van der Waals surface area contributed by atoms with Crippen LogP contribution in [-0.4, -0.2) is 12.1 Å². The van der Waals surface area contributed by atoms with Gasteiger partial charge in [0.05, 0.1) is 23.9 Å². The summed E-state index contributed by atoms with van der Waals surface area (Å²) in [6.45, 7) is 2.01. The van der Waals surface area contributed by atoms with Gasteiger partial charge >= 0.3 is 0 Å². The number of fused-ring (bicyclic) bond motifs is 1. The van der Waals surface area contributed by atoms with Crippen molar-refractivity contribution < 1.29 is 4.74 Å². The fraction of sp³-hybridized carbons (Fsp3) is 0.111. The summed E-state index contributed by atoms with van der Waals surface area (Å²) < 4.78 is 6.23. The molecule has 1 N–H and O–H groups in total. The average molecular weight is 368 g/mol. The molecule has 0 aliphatic rings. The van der Waals surface area contributed by atoms with Gasteiger partial charge in [-0.3, -0.25) is 4.98 Å². The third-order valence-corrected chi connectivity index (χ3v) is 4.15. The maximum atomic E-state index is 9.42. The molecule has 1 aromatic heterocycles. The van der Waals surface area contributed by atoms with Crippen LogP contribution in [0.4, 0.5) is 11.4 Å². The SMILES string of the molecule is COc1ccc(C)c(Nc2c(C#N)cnc3cc(Br)ccc23)c1. The Kier molecular flexibility index (Phi) is 4.18. The maximum Gasteiger partial charge on any atom is 0.120 e. The summed E-state index contributed by atoms with van der Waals surface area (Å²) in [5.74, 6) is 0.762. The van der Waals surface area contributed by atoms with E-state index in [0.717, 1.165) is 38.1 Å². The fourth-order valence-electron chi connectivity index (χ4n) is 2.38. The Hall–Kier alpha value is -2.58. The minimum atomic E-state index is 0.502. The van der Waals surface area contributed by atoms with E-state index in [1.165, 1.54) is 0 Å². The maximum absolute atomic E-state index is 9.42. The number of pyridine rings is 1. The van der Waals surface area contributed by atoms with Crippen molar-refractivity contribution in [2.75, 3.05) is 12.4 Å². The molecular weight excluding hydrogens is 354 g/mol. The first kappa shape index (κ1) is 15.3. The molecule has 0 spiro atoms. The summed E-state index contributed by atoms with van der Waals surface area (Å²) in [6, 6.07) is 13.8. The van der Waals surface area contributed by atoms with Gasteiger partial charge in [-0.2, -0.15) is 5.26 Å². The van der Waals surface area contributed by atoms with Crippen molar-refractivity contribution in [3.8, 4) is 11.8 Å². The number of hydrogen-bond acceptors (Lipinski definition) is 4. The van der Waals surface area contributed by atoms with Gasteiger partial charge in [-0.05, 0) is 36.8 Å². The molecule has 5 heteroatoms. The quantitative estimate of drug-likeness (QED) is 0.712. The third kappa shape index (κ3) is 2.99. The molecule has 2 aromatic carbocycles. The third-order valence-electron chi connectivity index (χ3n) is 3.66. The average Bonchev–Trinajstić information content (AvgIpc) is 2.56. The van der Waals surface area contributed by atoms with Crippen LogP contribution in [-0.2, 0) is 0 Å². The van der Waals surface area contributed by atoms with Crippen molar-refractivity contribution in [3.05, 3.63) is 58.2 Å². The predicted molar refractivity (Wildman–Crippen MR) is 95.2 cm³/mol. The molecule has 0 atom stereocenters. The topological polar surface area (TPSA) is 57.9 Å². The molecule has 0 saturated carbocycles. The van der Waals surface area contributed by atoms with E-state index in [4.69, 9.17) is 4.74 Å². The van der Waals surface area contributed by atoms with Gasteiger partial charge in [0.25, 0.3) is 0 Å². The van der Waals surface area contributed by atoms with Crippen molar-refractivity contribution in [2.45, 2.75) is 6.92 Å². The van der Waals surface area contributed by atoms with E-state index in [0.29, 0.717) is 5.56 Å². The molecule has 0 bridgehead atoms. The highest BCUT2D eigenvalue weighted by Crippen LogP contribution is 2.32. The molecule has 114 valence electrons. The van der Waals surface area contributed by atoms with Crippen molar-refractivity contribution in [3.63, 3.8) is 0 Å². The smallest absolute Gasteiger partial charge is 0.120 e. The van der Waals surface area contributed by atoms with Crippen molar-refractivity contribution >= 4 is 38.2 Å². The van der Waals surface area contributed by atoms with E-state index in [2.05, 4.69) is 32.3 Å². The number of nitrogens with zero attached hydrogens (tertiary/aromatic N) is 2. The number of benzene rings is 2. The van der Waals surface area contributed by atoms with Crippen molar-refractivity contribution in [1.82, 2.24) is 4.98 Å². The van der Waals surface area contributed by atoms with E-state index < -0.39 is 0 Å². The second-order valence-corrected chi connectivity index (χ2v) is 6.04. The molecule has 0 fully saturated rings. The molecule has 0 aliphatic carbocycles. The molecule has 1 heterocycles. The minimum absolute atomic E-state index is 0.502. The molecule has 23 heavy (non-hydrogen) atoms. The minimum Gasteiger partial charge on any atom is -0.497 e. The second kappa shape index (κ2) is 6.27. The largest absolute Gasteiger partial charge is 0.497 e. The number of rotatable bonds is 3. The Bertz CT molecular complexity index is 931. The molecule has 0 radical (unpaired) electrons. The first-order valence-corrected chi connectivity index (χ1v) is 7.81. The van der Waals surface area contributed by atoms with Crippen LogP contribution in [0.3, 0.4) is 0 Å². The van der Waals surface area contributed by atoms with E-state index in [1.54, 1.807) is 13.3 Å². The molecular formula is C18H14BrN3O. The molecule has 0 saturated heterocycles. The zero-order valence-corrected chi connectivity index (χ0v) is 14.3. The standard InChI is InChI=1S/C18H14BrN3O/c1-11-3-5-14(23-2)8-16(11)22-18-12(9-20)10-21-17-7-13(19)4-6-15(17)18/h3-8,10H,1-2H3,(H,21,22). The van der Waals surface area contributed by atoms with Gasteiger partial charge in [0.15, 0.2) is 0 Å². The number of aryl methyl sites for hydroxylation is 1. The summed E-state index contributed by atoms with van der Waals surface area (Å²) in [5.41, 5.74) is 4.04. The summed E-state index contributed by atoms with van der Waals surface area (Å²) in [6.07, 6.45) is 1.59. The van der Waals surface area contributed by atoms with Gasteiger partial charge in [0, 0.05) is 27.8 Å². The summed E-state index contributed by atoms with van der Waals surface area (Å²) in [5, 5.41) is 13.7. The Labute approximate surface area is 142 Å². The van der Waals surface area contributed by atoms with Gasteiger partial charge in [-0.1, -0.05) is 22.0 Å². The lowest BCUT2D eigenvalue weighted by molar-refractivity contribution is 0.415.